The molecule has 2 N–H and O–H groups in total. The van der Waals surface area contributed by atoms with Crippen LogP contribution in [0.15, 0.2) is 18.8 Å². The van der Waals surface area contributed by atoms with E-state index in [9.17, 15) is 0 Å². The van der Waals surface area contributed by atoms with E-state index in [4.69, 9.17) is 5.73 Å². The standard InChI is InChI=1S/C9H12N2/c1-6(2)8-4-7(3)5-11-9(8)10/h4-5H,1H2,2-3H3,(H2,10,11). The van der Waals surface area contributed by atoms with Gasteiger partial charge in [-0.15, -0.1) is 0 Å². The van der Waals surface area contributed by atoms with Crippen LogP contribution in [0.25, 0.3) is 5.57 Å². The molecule has 1 heterocycles. The van der Waals surface area contributed by atoms with Crippen molar-refractivity contribution in [1.82, 2.24) is 4.98 Å². The summed E-state index contributed by atoms with van der Waals surface area (Å²) in [7, 11) is 0. The second-order valence-corrected chi connectivity index (χ2v) is 2.73. The largest absolute Gasteiger partial charge is 0.383 e. The van der Waals surface area contributed by atoms with Crippen molar-refractivity contribution in [3.8, 4) is 0 Å². The Labute approximate surface area is 66.8 Å². The van der Waals surface area contributed by atoms with Crippen molar-refractivity contribution in [2.24, 2.45) is 0 Å². The van der Waals surface area contributed by atoms with E-state index < -0.39 is 0 Å². The number of hydrogen-bond donors (Lipinski definition) is 1. The van der Waals surface area contributed by atoms with Gasteiger partial charge in [0, 0.05) is 11.8 Å². The molecule has 0 aromatic carbocycles. The van der Waals surface area contributed by atoms with Gasteiger partial charge < -0.3 is 5.73 Å². The maximum absolute atomic E-state index is 5.62. The number of allylic oxidation sites excluding steroid dienone is 1. The topological polar surface area (TPSA) is 38.9 Å². The highest BCUT2D eigenvalue weighted by Crippen LogP contribution is 2.17. The highest BCUT2D eigenvalue weighted by molar-refractivity contribution is 5.70. The molecule has 1 rings (SSSR count). The van der Waals surface area contributed by atoms with Crippen LogP contribution >= 0.6 is 0 Å². The Bertz CT molecular complexity index is 290. The lowest BCUT2D eigenvalue weighted by molar-refractivity contribution is 1.26. The fraction of sp³-hybridized carbons (Fsp3) is 0.222. The van der Waals surface area contributed by atoms with Crippen LogP contribution in [0.5, 0.6) is 0 Å². The van der Waals surface area contributed by atoms with Crippen LogP contribution in [0.4, 0.5) is 5.82 Å². The Kier molecular flexibility index (Phi) is 1.94. The summed E-state index contributed by atoms with van der Waals surface area (Å²) >= 11 is 0. The highest BCUT2D eigenvalue weighted by atomic mass is 14.8. The minimum absolute atomic E-state index is 0.558. The number of aryl methyl sites for hydroxylation is 1. The van der Waals surface area contributed by atoms with Gasteiger partial charge >= 0.3 is 0 Å². The van der Waals surface area contributed by atoms with Crippen LogP contribution in [-0.4, -0.2) is 4.98 Å². The third kappa shape index (κ3) is 1.58. The van der Waals surface area contributed by atoms with Gasteiger partial charge in [-0.05, 0) is 31.1 Å². The number of aromatic nitrogens is 1. The number of rotatable bonds is 1. The van der Waals surface area contributed by atoms with Crippen molar-refractivity contribution in [2.45, 2.75) is 13.8 Å². The Hall–Kier alpha value is -1.31. The van der Waals surface area contributed by atoms with Gasteiger partial charge in [0.15, 0.2) is 0 Å². The molecule has 0 bridgehead atoms. The molecule has 0 aliphatic heterocycles. The predicted molar refractivity (Wildman–Crippen MR) is 48.1 cm³/mol. The first-order valence-corrected chi connectivity index (χ1v) is 3.49. The second-order valence-electron chi connectivity index (χ2n) is 2.73. The molecule has 0 aliphatic rings. The fourth-order valence-electron chi connectivity index (χ4n) is 0.922. The number of nitrogen functional groups attached to an aromatic ring is 1. The first-order valence-electron chi connectivity index (χ1n) is 3.49. The molecule has 0 fully saturated rings. The third-order valence-electron chi connectivity index (χ3n) is 1.52. The van der Waals surface area contributed by atoms with Gasteiger partial charge in [0.1, 0.15) is 5.82 Å². The van der Waals surface area contributed by atoms with Crippen molar-refractivity contribution in [3.05, 3.63) is 30.0 Å². The number of anilines is 1. The lowest BCUT2D eigenvalue weighted by Crippen LogP contribution is -1.95. The normalized spacial score (nSPS) is 9.64. The van der Waals surface area contributed by atoms with Crippen LogP contribution in [0.1, 0.15) is 18.1 Å². The van der Waals surface area contributed by atoms with E-state index >= 15 is 0 Å². The van der Waals surface area contributed by atoms with Crippen LogP contribution in [-0.2, 0) is 0 Å². The van der Waals surface area contributed by atoms with E-state index in [2.05, 4.69) is 11.6 Å². The van der Waals surface area contributed by atoms with E-state index in [0.717, 1.165) is 16.7 Å². The van der Waals surface area contributed by atoms with Crippen LogP contribution in [0, 0.1) is 6.92 Å². The third-order valence-corrected chi connectivity index (χ3v) is 1.52. The smallest absolute Gasteiger partial charge is 0.130 e. The molecule has 0 unspecified atom stereocenters. The molecule has 0 aliphatic carbocycles. The molecule has 0 saturated carbocycles. The lowest BCUT2D eigenvalue weighted by Gasteiger charge is -2.03. The monoisotopic (exact) mass is 148 g/mol. The molecule has 11 heavy (non-hydrogen) atoms. The maximum Gasteiger partial charge on any atom is 0.130 e. The average Bonchev–Trinajstić information content (AvgIpc) is 1.94. The van der Waals surface area contributed by atoms with E-state index in [1.54, 1.807) is 6.20 Å². The second kappa shape index (κ2) is 2.74. The molecule has 58 valence electrons. The molecule has 1 aromatic rings. The molecule has 2 heteroatoms. The van der Waals surface area contributed by atoms with Gasteiger partial charge in [-0.3, -0.25) is 0 Å². The molecule has 2 nitrogen and oxygen atoms in total. The molecule has 0 radical (unpaired) electrons. The molecule has 0 spiro atoms. The Morgan fingerprint density at radius 2 is 2.27 bits per heavy atom. The molecule has 0 atom stereocenters. The summed E-state index contributed by atoms with van der Waals surface area (Å²) in [5.41, 5.74) is 8.63. The highest BCUT2D eigenvalue weighted by Gasteiger charge is 1.99. The summed E-state index contributed by atoms with van der Waals surface area (Å²) in [5.74, 6) is 0.558. The summed E-state index contributed by atoms with van der Waals surface area (Å²) in [4.78, 5) is 4.02. The minimum atomic E-state index is 0.558. The first-order chi connectivity index (χ1) is 5.11. The van der Waals surface area contributed by atoms with Crippen LogP contribution in [0.2, 0.25) is 0 Å². The van der Waals surface area contributed by atoms with E-state index in [1.807, 2.05) is 19.9 Å². The predicted octanol–water partition coefficient (Wildman–Crippen LogP) is 2.01. The van der Waals surface area contributed by atoms with Crippen molar-refractivity contribution in [2.75, 3.05) is 5.73 Å². The van der Waals surface area contributed by atoms with Crippen molar-refractivity contribution >= 4 is 11.4 Å². The van der Waals surface area contributed by atoms with Gasteiger partial charge in [0.05, 0.1) is 0 Å². The maximum atomic E-state index is 5.62. The number of nitrogens with zero attached hydrogens (tertiary/aromatic N) is 1. The van der Waals surface area contributed by atoms with Crippen LogP contribution in [0.3, 0.4) is 0 Å². The molecular weight excluding hydrogens is 136 g/mol. The van der Waals surface area contributed by atoms with E-state index in [0.29, 0.717) is 5.82 Å². The van der Waals surface area contributed by atoms with Crippen LogP contribution < -0.4 is 5.73 Å². The average molecular weight is 148 g/mol. The molecule has 0 amide bonds. The Balaban J connectivity index is 3.23. The van der Waals surface area contributed by atoms with Gasteiger partial charge in [-0.25, -0.2) is 4.98 Å². The van der Waals surface area contributed by atoms with Gasteiger partial charge in [-0.1, -0.05) is 6.58 Å². The van der Waals surface area contributed by atoms with Gasteiger partial charge in [0.25, 0.3) is 0 Å². The quantitative estimate of drug-likeness (QED) is 0.661. The van der Waals surface area contributed by atoms with Crippen molar-refractivity contribution in [1.29, 1.82) is 0 Å². The first kappa shape index (κ1) is 7.79. The van der Waals surface area contributed by atoms with Gasteiger partial charge in [0.2, 0.25) is 0 Å². The van der Waals surface area contributed by atoms with Crippen molar-refractivity contribution in [3.63, 3.8) is 0 Å². The fourth-order valence-corrected chi connectivity index (χ4v) is 0.922. The molecule has 0 saturated heterocycles. The lowest BCUT2D eigenvalue weighted by atomic mass is 10.1. The van der Waals surface area contributed by atoms with E-state index in [-0.39, 0.29) is 0 Å². The number of pyridine rings is 1. The Morgan fingerprint density at radius 3 is 2.73 bits per heavy atom. The van der Waals surface area contributed by atoms with E-state index in [1.165, 1.54) is 0 Å². The number of hydrogen-bond acceptors (Lipinski definition) is 2. The summed E-state index contributed by atoms with van der Waals surface area (Å²) in [5, 5.41) is 0. The van der Waals surface area contributed by atoms with Gasteiger partial charge in [-0.2, -0.15) is 0 Å². The molecule has 1 aromatic heterocycles. The zero-order chi connectivity index (χ0) is 8.43. The SMILES string of the molecule is C=C(C)c1cc(C)cnc1N. The van der Waals surface area contributed by atoms with Crippen molar-refractivity contribution < 1.29 is 0 Å². The summed E-state index contributed by atoms with van der Waals surface area (Å²) in [6, 6.07) is 1.99. The zero-order valence-electron chi connectivity index (χ0n) is 6.89. The summed E-state index contributed by atoms with van der Waals surface area (Å²) < 4.78 is 0. The summed E-state index contributed by atoms with van der Waals surface area (Å²) in [6.07, 6.45) is 1.75. The Morgan fingerprint density at radius 1 is 1.64 bits per heavy atom. The summed E-state index contributed by atoms with van der Waals surface area (Å²) in [6.45, 7) is 7.72. The molecular formula is C9H12N2. The zero-order valence-corrected chi connectivity index (χ0v) is 6.89. The number of nitrogens with two attached hydrogens (primary N) is 1. The minimum Gasteiger partial charge on any atom is -0.383 e.